The Morgan fingerprint density at radius 2 is 0.608 bits per heavy atom. The number of amides is 19. The molecule has 1 saturated heterocycles. The standard InChI is InChI=1S/C92H145N35O19S2/c1-50(128)114-59(18-7-37-108-87(97)98)73(132)117-63(21-10-40-111-90(103)104)77(136)122-68(47-53-25-30-54-14-2-3-15-55(54)44-53)81(140)126-70(49-148)83(142)123-66(45-51-26-31-56(129)32-27-51)79(138)119-61(19-8-38-109-88(99)100)74(133)116-60(16-4-5-35-93)76(135)121-65(23-12-42-113-92(106)146)85(144)127-43-13-24-71(127)84(143)124-67(46-52-28-33-57(130)34-29-52)80(139)120-62(20-9-39-110-89(101)102)75(134)118-64(22-11-41-112-91(105)145)78(137)125-69(48-147)82(141)115-58(72(94)131)17-6-36-107-86(95)96/h2-3,14-15,25-34,44,58-71,129-130,147-148H,4-13,16-24,35-43,45-49,93H2,1H3,(H2,94,131)(H,114,128)(H,115,141)(H,116,133)(H,117,132)(H,118,134)(H,119,138)(H,120,139)(H,121,135)(H,122,136)(H,123,142)(H,124,143)(H,125,137)(H,126,140)(H4,95,96,107)(H4,97,98,108)(H4,99,100,109)(H4,101,102,110)(H4,103,104,111)(H3,105,112,145)(H3,106,113,146)/t58-,59-,60-,61-,62-,63-,64-,65+,66-,67-,68-,69-,70-,71-/m0/s1. The molecule has 814 valence electrons. The van der Waals surface area contributed by atoms with Crippen molar-refractivity contribution < 1.29 is 91.7 Å². The third kappa shape index (κ3) is 46.6. The smallest absolute Gasteiger partial charge is 0.312 e. The number of phenolic OH excluding ortho intramolecular Hbond substituents is 2. The number of urea groups is 2. The minimum absolute atomic E-state index is 0.000960. The van der Waals surface area contributed by atoms with Crippen LogP contribution in [0.15, 0.2) is 91.0 Å². The van der Waals surface area contributed by atoms with E-state index in [1.807, 2.05) is 18.2 Å². The first-order chi connectivity index (χ1) is 70.4. The van der Waals surface area contributed by atoms with Crippen LogP contribution >= 0.6 is 25.3 Å². The van der Waals surface area contributed by atoms with Crippen molar-refractivity contribution in [2.45, 2.75) is 233 Å². The number of nitrogens with one attached hydrogen (secondary N) is 25. The van der Waals surface area contributed by atoms with Crippen LogP contribution in [0.1, 0.15) is 146 Å². The highest BCUT2D eigenvalue weighted by Crippen LogP contribution is 2.24. The van der Waals surface area contributed by atoms with Gasteiger partial charge in [-0.25, -0.2) is 9.59 Å². The maximum atomic E-state index is 15.5. The Morgan fingerprint density at radius 3 is 0.946 bits per heavy atom. The van der Waals surface area contributed by atoms with Gasteiger partial charge in [0.1, 0.15) is 96.1 Å². The van der Waals surface area contributed by atoms with Crippen LogP contribution < -0.4 is 158 Å². The number of rotatable bonds is 67. The lowest BCUT2D eigenvalue weighted by Crippen LogP contribution is -2.61. The highest BCUT2D eigenvalue weighted by molar-refractivity contribution is 7.80. The summed E-state index contributed by atoms with van der Waals surface area (Å²) < 4.78 is 0. The Balaban J connectivity index is 1.50. The number of thiol groups is 2. The van der Waals surface area contributed by atoms with E-state index in [9.17, 15) is 53.4 Å². The molecule has 1 fully saturated rings. The summed E-state index contributed by atoms with van der Waals surface area (Å²) in [5, 5.41) is 113. The van der Waals surface area contributed by atoms with Crippen LogP contribution in [0.3, 0.4) is 0 Å². The maximum Gasteiger partial charge on any atom is 0.312 e. The van der Waals surface area contributed by atoms with Gasteiger partial charge in [-0.15, -0.1) is 0 Å². The third-order valence-corrected chi connectivity index (χ3v) is 24.0. The van der Waals surface area contributed by atoms with E-state index in [0.29, 0.717) is 16.7 Å². The molecule has 1 aliphatic heterocycles. The van der Waals surface area contributed by atoms with Crippen LogP contribution in [0.2, 0.25) is 0 Å². The summed E-state index contributed by atoms with van der Waals surface area (Å²) in [6, 6.07) is 0.337. The number of phenols is 2. The highest BCUT2D eigenvalue weighted by atomic mass is 32.1. The van der Waals surface area contributed by atoms with Gasteiger partial charge in [0.2, 0.25) is 88.6 Å². The fraction of sp³-hybridized carbons (Fsp3) is 0.522. The molecule has 0 radical (unpaired) electrons. The predicted molar refractivity (Wildman–Crippen MR) is 556 cm³/mol. The molecule has 1 aliphatic rings. The molecule has 0 spiro atoms. The first-order valence-corrected chi connectivity index (χ1v) is 49.6. The zero-order chi connectivity index (χ0) is 109. The quantitative estimate of drug-likeness (QED) is 0.00845. The molecule has 54 nitrogen and oxygen atoms in total. The van der Waals surface area contributed by atoms with E-state index >= 15 is 38.4 Å². The van der Waals surface area contributed by atoms with Crippen molar-refractivity contribution in [1.29, 1.82) is 27.0 Å². The zero-order valence-corrected chi connectivity index (χ0v) is 84.2. The number of benzene rings is 4. The summed E-state index contributed by atoms with van der Waals surface area (Å²) in [6.45, 7) is 1.08. The molecule has 4 aromatic carbocycles. The minimum Gasteiger partial charge on any atom is -0.508 e. The molecule has 45 N–H and O–H groups in total. The molecule has 5 rings (SSSR count). The first-order valence-electron chi connectivity index (χ1n) is 48.3. The Morgan fingerprint density at radius 1 is 0.331 bits per heavy atom. The van der Waals surface area contributed by atoms with Crippen LogP contribution in [0.5, 0.6) is 11.5 Å². The zero-order valence-electron chi connectivity index (χ0n) is 82.5. The van der Waals surface area contributed by atoms with Crippen LogP contribution in [-0.4, -0.2) is 301 Å². The topological polar surface area (TPSA) is 928 Å². The van der Waals surface area contributed by atoms with Gasteiger partial charge in [-0.3, -0.25) is 99.0 Å². The van der Waals surface area contributed by atoms with Crippen molar-refractivity contribution in [2.75, 3.05) is 70.4 Å². The van der Waals surface area contributed by atoms with Crippen molar-refractivity contribution in [3.63, 3.8) is 0 Å². The second-order valence-electron chi connectivity index (χ2n) is 35.1. The van der Waals surface area contributed by atoms with Gasteiger partial charge in [0.25, 0.3) is 0 Å². The molecule has 0 saturated carbocycles. The summed E-state index contributed by atoms with van der Waals surface area (Å²) in [4.78, 5) is 243. The van der Waals surface area contributed by atoms with Crippen LogP contribution in [0, 0.1) is 27.0 Å². The van der Waals surface area contributed by atoms with E-state index < -0.39 is 203 Å². The van der Waals surface area contributed by atoms with Gasteiger partial charge < -0.3 is 173 Å². The second kappa shape index (κ2) is 65.7. The van der Waals surface area contributed by atoms with Gasteiger partial charge in [-0.05, 0) is 180 Å². The van der Waals surface area contributed by atoms with E-state index in [1.54, 1.807) is 24.3 Å². The maximum absolute atomic E-state index is 15.5. The number of aromatic hydroxyl groups is 2. The van der Waals surface area contributed by atoms with Crippen molar-refractivity contribution in [1.82, 2.24) is 111 Å². The Hall–Kier alpha value is -15.7. The number of likely N-dealkylation sites (tertiary alicyclic amines) is 1. The number of unbranched alkanes of at least 4 members (excludes halogenated alkanes) is 1. The third-order valence-electron chi connectivity index (χ3n) is 23.3. The first kappa shape index (κ1) is 123. The molecule has 0 unspecified atom stereocenters. The van der Waals surface area contributed by atoms with E-state index in [4.69, 9.17) is 78.6 Å². The monoisotopic (exact) mass is 2110 g/mol. The molecule has 0 aromatic heterocycles. The fourth-order valence-corrected chi connectivity index (χ4v) is 16.2. The number of guanidine groups is 5. The van der Waals surface area contributed by atoms with Crippen LogP contribution in [0.25, 0.3) is 10.8 Å². The van der Waals surface area contributed by atoms with Gasteiger partial charge in [0.05, 0.1) is 0 Å². The summed E-state index contributed by atoms with van der Waals surface area (Å²) in [5.74, 6) is -17.2. The van der Waals surface area contributed by atoms with Crippen molar-refractivity contribution in [3.05, 3.63) is 108 Å². The van der Waals surface area contributed by atoms with Crippen molar-refractivity contribution >= 4 is 166 Å². The lowest BCUT2D eigenvalue weighted by Gasteiger charge is -2.31. The number of hydrogen-bond acceptors (Lipinski definition) is 27. The highest BCUT2D eigenvalue weighted by Gasteiger charge is 2.42. The van der Waals surface area contributed by atoms with Gasteiger partial charge >= 0.3 is 12.1 Å². The normalized spacial score (nSPS) is 14.6. The summed E-state index contributed by atoms with van der Waals surface area (Å²) in [6.07, 6.45) is -1.37. The number of nitrogens with two attached hydrogens (primary N) is 9. The van der Waals surface area contributed by atoms with E-state index in [2.05, 4.69) is 132 Å². The average molecular weight is 2110 g/mol. The molecule has 0 bridgehead atoms. The van der Waals surface area contributed by atoms with Crippen molar-refractivity contribution in [3.8, 4) is 11.5 Å². The minimum atomic E-state index is -1.68. The Labute approximate surface area is 866 Å². The van der Waals surface area contributed by atoms with Crippen molar-refractivity contribution in [2.24, 2.45) is 51.6 Å². The molecule has 56 heteroatoms. The summed E-state index contributed by atoms with van der Waals surface area (Å²) in [5.41, 5.74) is 51.1. The van der Waals surface area contributed by atoms with Crippen LogP contribution in [-0.2, 0) is 91.2 Å². The van der Waals surface area contributed by atoms with Crippen LogP contribution in [0.4, 0.5) is 9.59 Å². The molecule has 1 heterocycles. The largest absolute Gasteiger partial charge is 0.508 e. The van der Waals surface area contributed by atoms with Gasteiger partial charge in [0.15, 0.2) is 29.8 Å². The molecule has 19 amide bonds. The molecular formula is C92H145N35O19S2. The Bertz CT molecular complexity index is 5190. The summed E-state index contributed by atoms with van der Waals surface area (Å²) >= 11 is 8.72. The predicted octanol–water partition coefficient (Wildman–Crippen LogP) is -7.72. The lowest BCUT2D eigenvalue weighted by molar-refractivity contribution is -0.142. The van der Waals surface area contributed by atoms with Gasteiger partial charge in [-0.2, -0.15) is 25.3 Å². The molecule has 0 aliphatic carbocycles. The molecular weight excluding hydrogens is 1960 g/mol. The van der Waals surface area contributed by atoms with Gasteiger partial charge in [0, 0.05) is 90.0 Å². The van der Waals surface area contributed by atoms with E-state index in [0.717, 1.165) is 15.7 Å². The lowest BCUT2D eigenvalue weighted by atomic mass is 10.00. The number of fused-ring (bicyclic) bond motifs is 1. The van der Waals surface area contributed by atoms with E-state index in [1.165, 1.54) is 55.5 Å². The van der Waals surface area contributed by atoms with Gasteiger partial charge in [-0.1, -0.05) is 66.7 Å². The molecule has 148 heavy (non-hydrogen) atoms. The number of carbonyl (C=O) groups excluding carboxylic acids is 17. The molecule has 4 aromatic rings. The number of primary amides is 3. The Kier molecular flexibility index (Phi) is 54.5. The average Bonchev–Trinajstić information content (AvgIpc) is 1.59. The number of nitrogens with zero attached hydrogens (tertiary/aromatic N) is 1. The van der Waals surface area contributed by atoms with E-state index in [-0.39, 0.29) is 235 Å². The fourth-order valence-electron chi connectivity index (χ4n) is 15.7. The summed E-state index contributed by atoms with van der Waals surface area (Å²) in [7, 11) is 0. The number of carbonyl (C=O) groups is 17. The second-order valence-corrected chi connectivity index (χ2v) is 35.9. The number of hydrogen-bond donors (Lipinski definition) is 38. The molecule has 14 atom stereocenters. The SMILES string of the molecule is CC(=O)N[C@@H](CCCNC(=N)N)C(=O)N[C@@H](CCCNC(=N)N)C(=O)N[C@@H](Cc1ccc2ccccc2c1)C(=O)N[C@@H](CS)C(=O)N[C@@H](Cc1ccc(O)cc1)C(=O)N[C@@H](CCCNC(=N)N)C(=O)N[C@@H](CCCCN)C(=O)N[C@H](CCCNC(N)=O)C(=O)N1CCC[C@H]1C(=O)N[C@@H](Cc1ccc(O)cc1)C(=O)N[C@@H](CCCNC(=N)N)C(=O)N[C@@H](CCCNC(N)=O)C(=O)N[C@@H](CS)C(=O)N[C@@H](CCCNC(=N)N)C(N)=O.